The molecule has 1 aliphatic heterocycles. The molecule has 138 valence electrons. The van der Waals surface area contributed by atoms with Gasteiger partial charge in [-0.3, -0.25) is 0 Å². The zero-order valence-electron chi connectivity index (χ0n) is 15.6. The number of thiophene rings is 1. The lowest BCUT2D eigenvalue weighted by molar-refractivity contribution is 0.0702. The SMILES string of the molecule is CCCCCC1=C(c2cc(-c3ccccc3)sc2C(=O)O)CCN(C)C1. The number of benzene rings is 1. The molecule has 0 saturated heterocycles. The molecule has 0 bridgehead atoms. The third-order valence-electron chi connectivity index (χ3n) is 5.02. The lowest BCUT2D eigenvalue weighted by Gasteiger charge is -2.28. The van der Waals surface area contributed by atoms with E-state index in [4.69, 9.17) is 0 Å². The van der Waals surface area contributed by atoms with Crippen molar-refractivity contribution in [1.29, 1.82) is 0 Å². The van der Waals surface area contributed by atoms with Gasteiger partial charge in [-0.15, -0.1) is 11.3 Å². The van der Waals surface area contributed by atoms with Crippen molar-refractivity contribution < 1.29 is 9.90 Å². The predicted octanol–water partition coefficient (Wildman–Crippen LogP) is 5.78. The summed E-state index contributed by atoms with van der Waals surface area (Å²) in [5.41, 5.74) is 4.73. The summed E-state index contributed by atoms with van der Waals surface area (Å²) in [7, 11) is 2.15. The summed E-state index contributed by atoms with van der Waals surface area (Å²) in [6.45, 7) is 4.16. The summed E-state index contributed by atoms with van der Waals surface area (Å²) >= 11 is 1.40. The molecule has 3 rings (SSSR count). The second kappa shape index (κ2) is 8.65. The van der Waals surface area contributed by atoms with E-state index in [1.807, 2.05) is 30.3 Å². The van der Waals surface area contributed by atoms with Crippen LogP contribution in [0.4, 0.5) is 0 Å². The monoisotopic (exact) mass is 369 g/mol. The fourth-order valence-electron chi connectivity index (χ4n) is 3.64. The van der Waals surface area contributed by atoms with E-state index in [1.54, 1.807) is 0 Å². The minimum Gasteiger partial charge on any atom is -0.477 e. The molecular weight excluding hydrogens is 342 g/mol. The van der Waals surface area contributed by atoms with Crippen molar-refractivity contribution in [2.45, 2.75) is 39.0 Å². The molecule has 2 heterocycles. The van der Waals surface area contributed by atoms with Crippen LogP contribution in [0.25, 0.3) is 16.0 Å². The summed E-state index contributed by atoms with van der Waals surface area (Å²) < 4.78 is 0. The number of carboxylic acids is 1. The van der Waals surface area contributed by atoms with Crippen molar-refractivity contribution in [3.8, 4) is 10.4 Å². The highest BCUT2D eigenvalue weighted by molar-refractivity contribution is 7.17. The van der Waals surface area contributed by atoms with E-state index in [-0.39, 0.29) is 0 Å². The maximum atomic E-state index is 11.9. The molecule has 1 N–H and O–H groups in total. The third-order valence-corrected chi connectivity index (χ3v) is 6.20. The predicted molar refractivity (Wildman–Crippen MR) is 110 cm³/mol. The second-order valence-corrected chi connectivity index (χ2v) is 8.10. The molecule has 3 nitrogen and oxygen atoms in total. The number of unbranched alkanes of at least 4 members (excludes halogenated alkanes) is 2. The summed E-state index contributed by atoms with van der Waals surface area (Å²) in [5, 5.41) is 9.79. The number of carboxylic acid groups (broad SMARTS) is 1. The van der Waals surface area contributed by atoms with E-state index in [0.717, 1.165) is 41.9 Å². The molecule has 0 saturated carbocycles. The van der Waals surface area contributed by atoms with Crippen LogP contribution in [0.5, 0.6) is 0 Å². The Bertz CT molecular complexity index is 792. The van der Waals surface area contributed by atoms with Gasteiger partial charge in [-0.1, -0.05) is 55.7 Å². The summed E-state index contributed by atoms with van der Waals surface area (Å²) in [5.74, 6) is -0.813. The molecular formula is C22H27NO2S. The van der Waals surface area contributed by atoms with Crippen LogP contribution in [0.2, 0.25) is 0 Å². The summed E-state index contributed by atoms with van der Waals surface area (Å²) in [6, 6.07) is 12.2. The lowest BCUT2D eigenvalue weighted by Crippen LogP contribution is -2.27. The normalized spacial score (nSPS) is 15.5. The smallest absolute Gasteiger partial charge is 0.346 e. The first-order chi connectivity index (χ1) is 12.6. The van der Waals surface area contributed by atoms with Gasteiger partial charge in [-0.25, -0.2) is 4.79 Å². The molecule has 0 atom stereocenters. The Balaban J connectivity index is 2.03. The van der Waals surface area contributed by atoms with Gasteiger partial charge in [0.05, 0.1) is 0 Å². The Morgan fingerprint density at radius 3 is 2.69 bits per heavy atom. The molecule has 0 aliphatic carbocycles. The van der Waals surface area contributed by atoms with Gasteiger partial charge in [0, 0.05) is 23.5 Å². The molecule has 0 spiro atoms. The average molecular weight is 370 g/mol. The maximum absolute atomic E-state index is 11.9. The first-order valence-corrected chi connectivity index (χ1v) is 10.2. The van der Waals surface area contributed by atoms with Gasteiger partial charge in [0.25, 0.3) is 0 Å². The van der Waals surface area contributed by atoms with Crippen LogP contribution >= 0.6 is 11.3 Å². The number of hydrogen-bond donors (Lipinski definition) is 1. The molecule has 2 aromatic rings. The van der Waals surface area contributed by atoms with Crippen LogP contribution < -0.4 is 0 Å². The number of aromatic carboxylic acids is 1. The highest BCUT2D eigenvalue weighted by Crippen LogP contribution is 2.39. The van der Waals surface area contributed by atoms with Gasteiger partial charge in [0.2, 0.25) is 0 Å². The highest BCUT2D eigenvalue weighted by atomic mass is 32.1. The van der Waals surface area contributed by atoms with Crippen molar-refractivity contribution in [3.63, 3.8) is 0 Å². The van der Waals surface area contributed by atoms with Gasteiger partial charge in [-0.2, -0.15) is 0 Å². The van der Waals surface area contributed by atoms with E-state index in [9.17, 15) is 9.90 Å². The zero-order valence-corrected chi connectivity index (χ0v) is 16.4. The van der Waals surface area contributed by atoms with Crippen molar-refractivity contribution >= 4 is 22.9 Å². The molecule has 0 fully saturated rings. The van der Waals surface area contributed by atoms with E-state index < -0.39 is 5.97 Å². The summed E-state index contributed by atoms with van der Waals surface area (Å²) in [6.07, 6.45) is 5.62. The van der Waals surface area contributed by atoms with E-state index >= 15 is 0 Å². The highest BCUT2D eigenvalue weighted by Gasteiger charge is 2.24. The zero-order chi connectivity index (χ0) is 18.5. The maximum Gasteiger partial charge on any atom is 0.346 e. The molecule has 1 aromatic heterocycles. The second-order valence-electron chi connectivity index (χ2n) is 7.05. The quantitative estimate of drug-likeness (QED) is 0.629. The van der Waals surface area contributed by atoms with Crippen LogP contribution in [0.1, 0.15) is 54.3 Å². The molecule has 4 heteroatoms. The number of likely N-dealkylation sites (N-methyl/N-ethyl adjacent to an activating group) is 1. The van der Waals surface area contributed by atoms with Crippen molar-refractivity contribution in [3.05, 3.63) is 52.4 Å². The largest absolute Gasteiger partial charge is 0.477 e. The minimum atomic E-state index is -0.813. The molecule has 1 aliphatic rings. The van der Waals surface area contributed by atoms with Gasteiger partial charge < -0.3 is 10.0 Å². The lowest BCUT2D eigenvalue weighted by atomic mass is 9.90. The Morgan fingerprint density at radius 2 is 2.00 bits per heavy atom. The number of carbonyl (C=O) groups is 1. The summed E-state index contributed by atoms with van der Waals surface area (Å²) in [4.78, 5) is 15.8. The van der Waals surface area contributed by atoms with E-state index in [0.29, 0.717) is 4.88 Å². The minimum absolute atomic E-state index is 0.483. The standard InChI is InChI=1S/C22H27NO2S/c1-3-4-6-11-17-15-23(2)13-12-18(17)19-14-20(26-21(19)22(24)25)16-9-7-5-8-10-16/h5,7-10,14H,3-4,6,11-13,15H2,1-2H3,(H,24,25). The van der Waals surface area contributed by atoms with Crippen molar-refractivity contribution in [2.24, 2.45) is 0 Å². The van der Waals surface area contributed by atoms with Crippen LogP contribution in [-0.4, -0.2) is 36.1 Å². The molecule has 0 radical (unpaired) electrons. The van der Waals surface area contributed by atoms with Gasteiger partial charge in [0.15, 0.2) is 0 Å². The molecule has 0 unspecified atom stereocenters. The number of rotatable bonds is 7. The van der Waals surface area contributed by atoms with Gasteiger partial charge in [-0.05, 0) is 43.5 Å². The van der Waals surface area contributed by atoms with E-state index in [2.05, 4.69) is 24.9 Å². The fraction of sp³-hybridized carbons (Fsp3) is 0.409. The third kappa shape index (κ3) is 4.25. The van der Waals surface area contributed by atoms with Gasteiger partial charge >= 0.3 is 5.97 Å². The van der Waals surface area contributed by atoms with Gasteiger partial charge in [0.1, 0.15) is 4.88 Å². The molecule has 1 aromatic carbocycles. The average Bonchev–Trinajstić information content (AvgIpc) is 3.08. The first kappa shape index (κ1) is 18.9. The Labute approximate surface area is 160 Å². The van der Waals surface area contributed by atoms with Crippen LogP contribution in [0.15, 0.2) is 42.0 Å². The number of nitrogens with zero attached hydrogens (tertiary/aromatic N) is 1. The first-order valence-electron chi connectivity index (χ1n) is 9.42. The Morgan fingerprint density at radius 1 is 1.23 bits per heavy atom. The van der Waals surface area contributed by atoms with Crippen LogP contribution in [0, 0.1) is 0 Å². The van der Waals surface area contributed by atoms with Crippen molar-refractivity contribution in [2.75, 3.05) is 20.1 Å². The van der Waals surface area contributed by atoms with E-state index in [1.165, 1.54) is 41.7 Å². The Kier molecular flexibility index (Phi) is 6.28. The van der Waals surface area contributed by atoms with Crippen LogP contribution in [-0.2, 0) is 0 Å². The topological polar surface area (TPSA) is 40.5 Å². The molecule has 26 heavy (non-hydrogen) atoms. The Hall–Kier alpha value is -1.91. The number of hydrogen-bond acceptors (Lipinski definition) is 3. The fourth-order valence-corrected chi connectivity index (χ4v) is 4.67. The van der Waals surface area contributed by atoms with Crippen molar-refractivity contribution in [1.82, 2.24) is 4.90 Å². The van der Waals surface area contributed by atoms with Crippen LogP contribution in [0.3, 0.4) is 0 Å². The molecule has 0 amide bonds.